The maximum Gasteiger partial charge on any atom is 0.0527 e. The lowest BCUT2D eigenvalue weighted by atomic mass is 9.48. The van der Waals surface area contributed by atoms with E-state index in [9.17, 15) is 8.76 Å². The number of fused-ring (bicyclic) bond motifs is 1. The summed E-state index contributed by atoms with van der Waals surface area (Å²) in [5.74, 6) is 2.28. The fourth-order valence-electron chi connectivity index (χ4n) is 6.62. The molecule has 6 rings (SSSR count). The third-order valence-corrected chi connectivity index (χ3v) is 8.08. The van der Waals surface area contributed by atoms with Gasteiger partial charge in [-0.3, -0.25) is 4.21 Å². The van der Waals surface area contributed by atoms with Crippen LogP contribution in [0.5, 0.6) is 0 Å². The summed E-state index contributed by atoms with van der Waals surface area (Å²) in [4.78, 5) is 0. The molecule has 126 valence electrons. The molecule has 3 heteroatoms. The Balaban J connectivity index is 1.67. The maximum atomic E-state index is 12.5. The van der Waals surface area contributed by atoms with Crippen molar-refractivity contribution in [3.05, 3.63) is 48.0 Å². The second-order valence-corrected chi connectivity index (χ2v) is 9.48. The topological polar surface area (TPSA) is 40.1 Å². The average Bonchev–Trinajstić information content (AvgIpc) is 2.53. The predicted octanol–water partition coefficient (Wildman–Crippen LogP) is 4.98. The summed E-state index contributed by atoms with van der Waals surface area (Å²) < 4.78 is 24.9. The molecule has 0 saturated heterocycles. The Bertz CT molecular complexity index is 772. The number of rotatable bonds is 3. The van der Waals surface area contributed by atoms with E-state index in [0.29, 0.717) is 0 Å². The fraction of sp³-hybridized carbons (Fsp3) is 0.524. The number of benzene rings is 2. The van der Waals surface area contributed by atoms with Gasteiger partial charge < -0.3 is 4.55 Å². The first-order chi connectivity index (χ1) is 11.6. The molecule has 0 amide bonds. The SMILES string of the molecule is O=S([O-])C(c1cccc2ccccc12)C12CC3CC(CC(C3)C1)C2. The lowest BCUT2D eigenvalue weighted by Crippen LogP contribution is -2.49. The van der Waals surface area contributed by atoms with Crippen molar-refractivity contribution < 1.29 is 8.76 Å². The van der Waals surface area contributed by atoms with Gasteiger partial charge >= 0.3 is 0 Å². The van der Waals surface area contributed by atoms with Crippen LogP contribution in [0, 0.1) is 23.2 Å². The quantitative estimate of drug-likeness (QED) is 0.740. The highest BCUT2D eigenvalue weighted by molar-refractivity contribution is 7.79. The molecule has 2 atom stereocenters. The van der Waals surface area contributed by atoms with Gasteiger partial charge in [-0.05, 0) is 89.1 Å². The Hall–Kier alpha value is -1.19. The van der Waals surface area contributed by atoms with E-state index in [2.05, 4.69) is 24.3 Å². The molecular formula is C21H23O2S-. The van der Waals surface area contributed by atoms with Crippen LogP contribution >= 0.6 is 0 Å². The van der Waals surface area contributed by atoms with Gasteiger partial charge in [0.05, 0.1) is 5.25 Å². The zero-order valence-corrected chi connectivity index (χ0v) is 14.6. The molecule has 0 aliphatic heterocycles. The smallest absolute Gasteiger partial charge is 0.0527 e. The van der Waals surface area contributed by atoms with Crippen molar-refractivity contribution >= 4 is 21.9 Å². The maximum absolute atomic E-state index is 12.5. The van der Waals surface area contributed by atoms with E-state index in [0.717, 1.165) is 53.4 Å². The van der Waals surface area contributed by atoms with Crippen molar-refractivity contribution in [2.24, 2.45) is 23.2 Å². The van der Waals surface area contributed by atoms with Gasteiger partial charge in [0.25, 0.3) is 0 Å². The van der Waals surface area contributed by atoms with Crippen molar-refractivity contribution in [2.45, 2.75) is 43.8 Å². The number of hydrogen-bond donors (Lipinski definition) is 0. The van der Waals surface area contributed by atoms with Crippen molar-refractivity contribution in [3.63, 3.8) is 0 Å². The van der Waals surface area contributed by atoms with Gasteiger partial charge in [-0.2, -0.15) is 0 Å². The molecule has 2 unspecified atom stereocenters. The Morgan fingerprint density at radius 3 is 2.12 bits per heavy atom. The summed E-state index contributed by atoms with van der Waals surface area (Å²) >= 11 is -2.07. The largest absolute Gasteiger partial charge is 0.772 e. The lowest BCUT2D eigenvalue weighted by Gasteiger charge is -2.59. The molecule has 2 aromatic carbocycles. The summed E-state index contributed by atoms with van der Waals surface area (Å²) in [7, 11) is 0. The van der Waals surface area contributed by atoms with Gasteiger partial charge in [0.15, 0.2) is 0 Å². The van der Waals surface area contributed by atoms with Crippen LogP contribution in [0.15, 0.2) is 42.5 Å². The molecule has 0 spiro atoms. The molecule has 0 aromatic heterocycles. The monoisotopic (exact) mass is 339 g/mol. The Labute approximate surface area is 145 Å². The van der Waals surface area contributed by atoms with E-state index >= 15 is 0 Å². The summed E-state index contributed by atoms with van der Waals surface area (Å²) in [5, 5.41) is 1.91. The summed E-state index contributed by atoms with van der Waals surface area (Å²) in [6, 6.07) is 14.4. The molecule has 24 heavy (non-hydrogen) atoms. The minimum atomic E-state index is -2.07. The van der Waals surface area contributed by atoms with Crippen molar-refractivity contribution in [3.8, 4) is 0 Å². The highest BCUT2D eigenvalue weighted by Crippen LogP contribution is 2.65. The van der Waals surface area contributed by atoms with Crippen LogP contribution in [0.25, 0.3) is 10.8 Å². The van der Waals surface area contributed by atoms with E-state index in [1.807, 2.05) is 18.2 Å². The van der Waals surface area contributed by atoms with Crippen LogP contribution in [0.1, 0.15) is 49.3 Å². The predicted molar refractivity (Wildman–Crippen MR) is 96.2 cm³/mol. The Morgan fingerprint density at radius 2 is 1.50 bits per heavy atom. The van der Waals surface area contributed by atoms with Crippen LogP contribution in [-0.4, -0.2) is 8.76 Å². The van der Waals surface area contributed by atoms with Gasteiger partial charge in [0, 0.05) is 0 Å². The first-order valence-electron chi connectivity index (χ1n) is 9.20. The van der Waals surface area contributed by atoms with Gasteiger partial charge in [0.1, 0.15) is 0 Å². The van der Waals surface area contributed by atoms with E-state index in [-0.39, 0.29) is 10.7 Å². The minimum absolute atomic E-state index is 0.0223. The summed E-state index contributed by atoms with van der Waals surface area (Å²) in [6.45, 7) is 0. The Kier molecular flexibility index (Phi) is 3.40. The molecule has 2 nitrogen and oxygen atoms in total. The van der Waals surface area contributed by atoms with Crippen LogP contribution in [0.4, 0.5) is 0 Å². The lowest BCUT2D eigenvalue weighted by molar-refractivity contribution is -0.0553. The van der Waals surface area contributed by atoms with E-state index < -0.39 is 11.1 Å². The molecular weight excluding hydrogens is 316 g/mol. The average molecular weight is 339 g/mol. The summed E-state index contributed by atoms with van der Waals surface area (Å²) in [6.07, 6.45) is 7.36. The van der Waals surface area contributed by atoms with Gasteiger partial charge in [0.2, 0.25) is 0 Å². The van der Waals surface area contributed by atoms with Crippen molar-refractivity contribution in [1.82, 2.24) is 0 Å². The second kappa shape index (κ2) is 5.40. The molecule has 4 aliphatic carbocycles. The standard InChI is InChI=1S/C21H24O2S/c22-24(23)20(19-7-3-5-17-4-1-2-6-18(17)19)21-11-14-8-15(12-21)10-16(9-14)13-21/h1-7,14-16,20H,8-13H2,(H,22,23)/p-1. The van der Waals surface area contributed by atoms with Crippen LogP contribution in [-0.2, 0) is 11.1 Å². The molecule has 4 fully saturated rings. The molecule has 0 radical (unpaired) electrons. The highest BCUT2D eigenvalue weighted by Gasteiger charge is 2.55. The third kappa shape index (κ3) is 2.21. The summed E-state index contributed by atoms with van der Waals surface area (Å²) in [5.41, 5.74) is 1.01. The molecule has 0 N–H and O–H groups in total. The third-order valence-electron chi connectivity index (χ3n) is 6.94. The second-order valence-electron chi connectivity index (χ2n) is 8.49. The van der Waals surface area contributed by atoms with Crippen LogP contribution in [0.2, 0.25) is 0 Å². The molecule has 2 aromatic rings. The van der Waals surface area contributed by atoms with Crippen LogP contribution in [0.3, 0.4) is 0 Å². The molecule has 4 saturated carbocycles. The van der Waals surface area contributed by atoms with Gasteiger partial charge in [-0.25, -0.2) is 0 Å². The van der Waals surface area contributed by atoms with E-state index in [1.165, 1.54) is 19.3 Å². The molecule has 4 aliphatic rings. The van der Waals surface area contributed by atoms with Crippen molar-refractivity contribution in [2.75, 3.05) is 0 Å². The Morgan fingerprint density at radius 1 is 0.917 bits per heavy atom. The molecule has 0 heterocycles. The van der Waals surface area contributed by atoms with E-state index in [1.54, 1.807) is 0 Å². The normalized spacial score (nSPS) is 36.8. The molecule has 4 bridgehead atoms. The highest BCUT2D eigenvalue weighted by atomic mass is 32.2. The van der Waals surface area contributed by atoms with Gasteiger partial charge in [-0.15, -0.1) is 0 Å². The van der Waals surface area contributed by atoms with E-state index in [4.69, 9.17) is 0 Å². The first-order valence-corrected chi connectivity index (χ1v) is 10.3. The van der Waals surface area contributed by atoms with Gasteiger partial charge in [-0.1, -0.05) is 42.5 Å². The minimum Gasteiger partial charge on any atom is -0.772 e. The number of hydrogen-bond acceptors (Lipinski definition) is 2. The van der Waals surface area contributed by atoms with Crippen molar-refractivity contribution in [1.29, 1.82) is 0 Å². The zero-order chi connectivity index (χ0) is 16.3. The fourth-order valence-corrected chi connectivity index (χ4v) is 7.73. The van der Waals surface area contributed by atoms with Crippen LogP contribution < -0.4 is 0 Å². The zero-order valence-electron chi connectivity index (χ0n) is 13.8. The first kappa shape index (κ1) is 15.1.